The number of nitrogens with two attached hydrogens (primary N) is 1. The second-order valence-corrected chi connectivity index (χ2v) is 5.45. The number of rotatable bonds is 4. The first-order valence-electron chi connectivity index (χ1n) is 6.88. The fourth-order valence-electron chi connectivity index (χ4n) is 2.37. The first kappa shape index (κ1) is 13.9. The minimum absolute atomic E-state index is 0.0923. The summed E-state index contributed by atoms with van der Waals surface area (Å²) < 4.78 is 5.15. The van der Waals surface area contributed by atoms with Gasteiger partial charge in [0.05, 0.1) is 11.7 Å². The fraction of sp³-hybridized carbons (Fsp3) is 0.533. The van der Waals surface area contributed by atoms with Crippen molar-refractivity contribution in [3.63, 3.8) is 0 Å². The van der Waals surface area contributed by atoms with Crippen molar-refractivity contribution in [2.75, 3.05) is 5.32 Å². The van der Waals surface area contributed by atoms with Crippen molar-refractivity contribution in [2.24, 2.45) is 5.73 Å². The van der Waals surface area contributed by atoms with Gasteiger partial charge < -0.3 is 15.8 Å². The van der Waals surface area contributed by atoms with Gasteiger partial charge in [0, 0.05) is 17.8 Å². The van der Waals surface area contributed by atoms with Gasteiger partial charge in [0.25, 0.3) is 0 Å². The molecule has 1 aliphatic carbocycles. The van der Waals surface area contributed by atoms with Gasteiger partial charge in [-0.3, -0.25) is 0 Å². The number of hydrogen-bond donors (Lipinski definition) is 2. The summed E-state index contributed by atoms with van der Waals surface area (Å²) in [4.78, 5) is 11.7. The Hall–Kier alpha value is -1.55. The van der Waals surface area contributed by atoms with Gasteiger partial charge in [-0.1, -0.05) is 0 Å². The molecule has 1 aromatic rings. The Kier molecular flexibility index (Phi) is 4.43. The van der Waals surface area contributed by atoms with Gasteiger partial charge in [-0.05, 0) is 57.4 Å². The molecule has 0 aliphatic heterocycles. The highest BCUT2D eigenvalue weighted by atomic mass is 16.5. The lowest BCUT2D eigenvalue weighted by molar-refractivity contribution is 0.0378. The predicted molar refractivity (Wildman–Crippen MR) is 76.2 cm³/mol. The summed E-state index contributed by atoms with van der Waals surface area (Å²) in [5, 5.41) is 3.45. The number of benzene rings is 1. The standard InChI is InChI=1S/C15H22N2O2/c1-10(2)19-15(18)11-3-6-13(7-4-11)17-14-8-5-12(16)9-14/h3-4,6-7,10,12,14,17H,5,8-9,16H2,1-2H3. The normalized spacial score (nSPS) is 22.5. The summed E-state index contributed by atoms with van der Waals surface area (Å²) in [6, 6.07) is 8.19. The van der Waals surface area contributed by atoms with Gasteiger partial charge in [0.15, 0.2) is 0 Å². The number of hydrogen-bond acceptors (Lipinski definition) is 4. The van der Waals surface area contributed by atoms with Gasteiger partial charge in [0.1, 0.15) is 0 Å². The first-order chi connectivity index (χ1) is 9.04. The molecule has 1 saturated carbocycles. The van der Waals surface area contributed by atoms with Crippen LogP contribution in [0.3, 0.4) is 0 Å². The summed E-state index contributed by atoms with van der Waals surface area (Å²) in [6.07, 6.45) is 3.11. The Labute approximate surface area is 114 Å². The van der Waals surface area contributed by atoms with Crippen LogP contribution >= 0.6 is 0 Å². The zero-order chi connectivity index (χ0) is 13.8. The molecule has 2 atom stereocenters. The highest BCUT2D eigenvalue weighted by molar-refractivity contribution is 5.89. The molecule has 1 aromatic carbocycles. The zero-order valence-corrected chi connectivity index (χ0v) is 11.6. The highest BCUT2D eigenvalue weighted by Gasteiger charge is 2.21. The second kappa shape index (κ2) is 6.06. The molecule has 0 heterocycles. The maximum atomic E-state index is 11.7. The van der Waals surface area contributed by atoms with Crippen molar-refractivity contribution in [1.29, 1.82) is 0 Å². The van der Waals surface area contributed by atoms with E-state index in [1.165, 1.54) is 0 Å². The largest absolute Gasteiger partial charge is 0.459 e. The van der Waals surface area contributed by atoms with E-state index in [0.29, 0.717) is 17.6 Å². The summed E-state index contributed by atoms with van der Waals surface area (Å²) in [5.74, 6) is -0.274. The molecule has 4 nitrogen and oxygen atoms in total. The van der Waals surface area contributed by atoms with Gasteiger partial charge in [-0.25, -0.2) is 4.79 Å². The minimum Gasteiger partial charge on any atom is -0.459 e. The van der Waals surface area contributed by atoms with E-state index in [1.54, 1.807) is 12.1 Å². The van der Waals surface area contributed by atoms with Gasteiger partial charge in [-0.2, -0.15) is 0 Å². The Balaban J connectivity index is 1.93. The van der Waals surface area contributed by atoms with Crippen LogP contribution in [0.15, 0.2) is 24.3 Å². The molecule has 2 unspecified atom stereocenters. The van der Waals surface area contributed by atoms with Crippen molar-refractivity contribution in [3.05, 3.63) is 29.8 Å². The van der Waals surface area contributed by atoms with Crippen LogP contribution in [-0.4, -0.2) is 24.2 Å². The van der Waals surface area contributed by atoms with Crippen molar-refractivity contribution >= 4 is 11.7 Å². The third-order valence-corrected chi connectivity index (χ3v) is 3.31. The molecular weight excluding hydrogens is 240 g/mol. The number of anilines is 1. The van der Waals surface area contributed by atoms with Crippen molar-refractivity contribution in [2.45, 2.75) is 51.3 Å². The monoisotopic (exact) mass is 262 g/mol. The summed E-state index contributed by atoms with van der Waals surface area (Å²) in [5.41, 5.74) is 7.50. The molecule has 0 radical (unpaired) electrons. The molecule has 0 saturated heterocycles. The zero-order valence-electron chi connectivity index (χ0n) is 11.6. The number of carbonyl (C=O) groups excluding carboxylic acids is 1. The van der Waals surface area contributed by atoms with E-state index < -0.39 is 0 Å². The van der Waals surface area contributed by atoms with Crippen LogP contribution in [0.4, 0.5) is 5.69 Å². The topological polar surface area (TPSA) is 64.3 Å². The lowest BCUT2D eigenvalue weighted by Gasteiger charge is -2.14. The first-order valence-corrected chi connectivity index (χ1v) is 6.88. The van der Waals surface area contributed by atoms with E-state index in [0.717, 1.165) is 24.9 Å². The average Bonchev–Trinajstić information content (AvgIpc) is 2.75. The van der Waals surface area contributed by atoms with Crippen LogP contribution in [-0.2, 0) is 4.74 Å². The van der Waals surface area contributed by atoms with Gasteiger partial charge in [0.2, 0.25) is 0 Å². The van der Waals surface area contributed by atoms with Crippen LogP contribution in [0.5, 0.6) is 0 Å². The molecule has 4 heteroatoms. The number of carbonyl (C=O) groups is 1. The second-order valence-electron chi connectivity index (χ2n) is 5.45. The molecule has 104 valence electrons. The maximum Gasteiger partial charge on any atom is 0.338 e. The molecular formula is C15H22N2O2. The molecule has 0 bridgehead atoms. The molecule has 1 aliphatic rings. The molecule has 19 heavy (non-hydrogen) atoms. The highest BCUT2D eigenvalue weighted by Crippen LogP contribution is 2.22. The smallest absolute Gasteiger partial charge is 0.338 e. The lowest BCUT2D eigenvalue weighted by atomic mass is 10.2. The maximum absolute atomic E-state index is 11.7. The Morgan fingerprint density at radius 2 is 2.00 bits per heavy atom. The molecule has 0 aromatic heterocycles. The Morgan fingerprint density at radius 3 is 2.53 bits per heavy atom. The Bertz CT molecular complexity index is 428. The SMILES string of the molecule is CC(C)OC(=O)c1ccc(NC2CCC(N)C2)cc1. The summed E-state index contributed by atoms with van der Waals surface area (Å²) in [6.45, 7) is 3.69. The van der Waals surface area contributed by atoms with Gasteiger partial charge in [-0.15, -0.1) is 0 Å². The van der Waals surface area contributed by atoms with E-state index in [-0.39, 0.29) is 12.1 Å². The van der Waals surface area contributed by atoms with Crippen molar-refractivity contribution < 1.29 is 9.53 Å². The third kappa shape index (κ3) is 3.96. The van der Waals surface area contributed by atoms with E-state index in [2.05, 4.69) is 5.32 Å². The number of nitrogens with one attached hydrogen (secondary N) is 1. The quantitative estimate of drug-likeness (QED) is 0.818. The van der Waals surface area contributed by atoms with Crippen LogP contribution in [0, 0.1) is 0 Å². The van der Waals surface area contributed by atoms with Crippen LogP contribution in [0.25, 0.3) is 0 Å². The molecule has 0 spiro atoms. The van der Waals surface area contributed by atoms with E-state index in [4.69, 9.17) is 10.5 Å². The summed E-state index contributed by atoms with van der Waals surface area (Å²) >= 11 is 0. The lowest BCUT2D eigenvalue weighted by Crippen LogP contribution is -2.20. The molecule has 0 amide bonds. The number of ether oxygens (including phenoxy) is 1. The van der Waals surface area contributed by atoms with E-state index >= 15 is 0 Å². The minimum atomic E-state index is -0.274. The van der Waals surface area contributed by atoms with Gasteiger partial charge >= 0.3 is 5.97 Å². The fourth-order valence-corrected chi connectivity index (χ4v) is 2.37. The summed E-state index contributed by atoms with van der Waals surface area (Å²) in [7, 11) is 0. The van der Waals surface area contributed by atoms with Crippen molar-refractivity contribution in [1.82, 2.24) is 0 Å². The van der Waals surface area contributed by atoms with Crippen molar-refractivity contribution in [3.8, 4) is 0 Å². The van der Waals surface area contributed by atoms with E-state index in [1.807, 2.05) is 26.0 Å². The molecule has 1 fully saturated rings. The molecule has 3 N–H and O–H groups in total. The number of esters is 1. The van der Waals surface area contributed by atoms with Crippen LogP contribution < -0.4 is 11.1 Å². The Morgan fingerprint density at radius 1 is 1.32 bits per heavy atom. The predicted octanol–water partition coefficient (Wildman–Crippen LogP) is 2.54. The van der Waals surface area contributed by atoms with Crippen LogP contribution in [0.2, 0.25) is 0 Å². The average molecular weight is 262 g/mol. The van der Waals surface area contributed by atoms with E-state index in [9.17, 15) is 4.79 Å². The molecule has 2 rings (SSSR count). The van der Waals surface area contributed by atoms with Crippen LogP contribution in [0.1, 0.15) is 43.5 Å². The third-order valence-electron chi connectivity index (χ3n) is 3.31.